The first-order valence-corrected chi connectivity index (χ1v) is 5.59. The molecule has 4 heteroatoms. The molecule has 1 rings (SSSR count). The summed E-state index contributed by atoms with van der Waals surface area (Å²) in [5.74, 6) is 0.839. The number of halogens is 1. The Morgan fingerprint density at radius 2 is 2.06 bits per heavy atom. The summed E-state index contributed by atoms with van der Waals surface area (Å²) in [5, 5.41) is 0.746. The fourth-order valence-electron chi connectivity index (χ4n) is 1.72. The molecule has 90 valence electrons. The summed E-state index contributed by atoms with van der Waals surface area (Å²) in [4.78, 5) is 2.06. The number of ether oxygens (including phenoxy) is 1. The molecule has 0 saturated carbocycles. The maximum absolute atomic E-state index is 6.13. The van der Waals surface area contributed by atoms with Crippen molar-refractivity contribution in [3.05, 3.63) is 28.3 Å². The monoisotopic (exact) mass is 242 g/mol. The van der Waals surface area contributed by atoms with Crippen LogP contribution in [-0.2, 0) is 0 Å². The minimum Gasteiger partial charge on any atom is -0.496 e. The molecule has 0 aromatic heterocycles. The standard InChI is InChI=1S/C12H19ClN2O/c1-8-5-12(16-4)9(6-10(8)13)11(7-14)15(2)3/h5-6,11H,7,14H2,1-4H3. The zero-order chi connectivity index (χ0) is 12.3. The number of nitrogens with two attached hydrogens (primary N) is 1. The number of likely N-dealkylation sites (N-methyl/N-ethyl adjacent to an activating group) is 1. The van der Waals surface area contributed by atoms with Crippen molar-refractivity contribution in [3.8, 4) is 5.75 Å². The van der Waals surface area contributed by atoms with E-state index >= 15 is 0 Å². The third kappa shape index (κ3) is 2.67. The molecular weight excluding hydrogens is 224 g/mol. The third-order valence-corrected chi connectivity index (χ3v) is 3.12. The van der Waals surface area contributed by atoms with Crippen molar-refractivity contribution in [2.75, 3.05) is 27.7 Å². The Bertz CT molecular complexity index is 366. The van der Waals surface area contributed by atoms with Crippen LogP contribution in [0.25, 0.3) is 0 Å². The van der Waals surface area contributed by atoms with Crippen LogP contribution in [0, 0.1) is 6.92 Å². The molecule has 0 heterocycles. The minimum atomic E-state index is 0.119. The van der Waals surface area contributed by atoms with Crippen LogP contribution in [-0.4, -0.2) is 32.6 Å². The van der Waals surface area contributed by atoms with Crippen LogP contribution in [0.2, 0.25) is 5.02 Å². The van der Waals surface area contributed by atoms with Crippen molar-refractivity contribution in [3.63, 3.8) is 0 Å². The van der Waals surface area contributed by atoms with E-state index in [0.717, 1.165) is 21.9 Å². The Balaban J connectivity index is 3.24. The summed E-state index contributed by atoms with van der Waals surface area (Å²) in [6, 6.07) is 4.00. The summed E-state index contributed by atoms with van der Waals surface area (Å²) >= 11 is 6.13. The molecule has 0 saturated heterocycles. The van der Waals surface area contributed by atoms with Crippen LogP contribution >= 0.6 is 11.6 Å². The van der Waals surface area contributed by atoms with Gasteiger partial charge in [0.15, 0.2) is 0 Å². The number of methoxy groups -OCH3 is 1. The van der Waals surface area contributed by atoms with Crippen LogP contribution in [0.1, 0.15) is 17.2 Å². The van der Waals surface area contributed by atoms with Crippen LogP contribution in [0.15, 0.2) is 12.1 Å². The number of benzene rings is 1. The van der Waals surface area contributed by atoms with E-state index in [1.807, 2.05) is 33.2 Å². The van der Waals surface area contributed by atoms with Crippen molar-refractivity contribution in [2.45, 2.75) is 13.0 Å². The molecule has 2 N–H and O–H groups in total. The Labute approximate surface area is 102 Å². The van der Waals surface area contributed by atoms with E-state index in [2.05, 4.69) is 4.90 Å². The lowest BCUT2D eigenvalue weighted by Crippen LogP contribution is -2.27. The topological polar surface area (TPSA) is 38.5 Å². The lowest BCUT2D eigenvalue weighted by molar-refractivity contribution is 0.295. The molecular formula is C12H19ClN2O. The first kappa shape index (κ1) is 13.3. The number of rotatable bonds is 4. The smallest absolute Gasteiger partial charge is 0.124 e. The molecule has 0 aliphatic rings. The molecule has 0 aliphatic heterocycles. The van der Waals surface area contributed by atoms with Gasteiger partial charge in [-0.2, -0.15) is 0 Å². The van der Waals surface area contributed by atoms with Crippen molar-refractivity contribution >= 4 is 11.6 Å². The molecule has 3 nitrogen and oxygen atoms in total. The zero-order valence-electron chi connectivity index (χ0n) is 10.2. The van der Waals surface area contributed by atoms with Gasteiger partial charge in [-0.05, 0) is 38.7 Å². The predicted octanol–water partition coefficient (Wildman–Crippen LogP) is 2.22. The van der Waals surface area contributed by atoms with Gasteiger partial charge in [0.2, 0.25) is 0 Å². The summed E-state index contributed by atoms with van der Waals surface area (Å²) in [5.41, 5.74) is 7.82. The number of nitrogens with zero attached hydrogens (tertiary/aromatic N) is 1. The van der Waals surface area contributed by atoms with E-state index in [9.17, 15) is 0 Å². The van der Waals surface area contributed by atoms with Crippen molar-refractivity contribution in [2.24, 2.45) is 5.73 Å². The van der Waals surface area contributed by atoms with Crippen LogP contribution in [0.3, 0.4) is 0 Å². The average Bonchev–Trinajstić information content (AvgIpc) is 2.23. The van der Waals surface area contributed by atoms with Gasteiger partial charge in [-0.1, -0.05) is 11.6 Å². The maximum Gasteiger partial charge on any atom is 0.124 e. The normalized spacial score (nSPS) is 12.9. The van der Waals surface area contributed by atoms with Crippen LogP contribution in [0.5, 0.6) is 5.75 Å². The zero-order valence-corrected chi connectivity index (χ0v) is 11.0. The molecule has 1 aromatic carbocycles. The fourth-order valence-corrected chi connectivity index (χ4v) is 1.90. The second-order valence-electron chi connectivity index (χ2n) is 4.06. The molecule has 16 heavy (non-hydrogen) atoms. The summed E-state index contributed by atoms with van der Waals surface area (Å²) in [6.45, 7) is 2.49. The Morgan fingerprint density at radius 3 is 2.50 bits per heavy atom. The average molecular weight is 243 g/mol. The van der Waals surface area contributed by atoms with E-state index in [-0.39, 0.29) is 6.04 Å². The van der Waals surface area contributed by atoms with Gasteiger partial charge < -0.3 is 15.4 Å². The Kier molecular flexibility index (Phi) is 4.59. The summed E-state index contributed by atoms with van der Waals surface area (Å²) in [7, 11) is 5.64. The highest BCUT2D eigenvalue weighted by Gasteiger charge is 2.18. The molecule has 0 fully saturated rings. The van der Waals surface area contributed by atoms with Gasteiger partial charge in [0.1, 0.15) is 5.75 Å². The number of hydrogen-bond acceptors (Lipinski definition) is 3. The highest BCUT2D eigenvalue weighted by Crippen LogP contribution is 2.32. The molecule has 0 amide bonds. The number of hydrogen-bond donors (Lipinski definition) is 1. The Hall–Kier alpha value is -0.770. The van der Waals surface area contributed by atoms with Crippen molar-refractivity contribution in [1.29, 1.82) is 0 Å². The van der Waals surface area contributed by atoms with Crippen molar-refractivity contribution < 1.29 is 4.74 Å². The van der Waals surface area contributed by atoms with E-state index in [0.29, 0.717) is 6.54 Å². The predicted molar refractivity (Wildman–Crippen MR) is 68.2 cm³/mol. The first-order chi connectivity index (χ1) is 7.51. The quantitative estimate of drug-likeness (QED) is 0.880. The highest BCUT2D eigenvalue weighted by atomic mass is 35.5. The first-order valence-electron chi connectivity index (χ1n) is 5.21. The van der Waals surface area contributed by atoms with Gasteiger partial charge in [0, 0.05) is 17.1 Å². The van der Waals surface area contributed by atoms with Gasteiger partial charge in [-0.15, -0.1) is 0 Å². The SMILES string of the molecule is COc1cc(C)c(Cl)cc1C(CN)N(C)C. The maximum atomic E-state index is 6.13. The minimum absolute atomic E-state index is 0.119. The lowest BCUT2D eigenvalue weighted by Gasteiger charge is -2.25. The largest absolute Gasteiger partial charge is 0.496 e. The second kappa shape index (κ2) is 5.53. The number of aryl methyl sites for hydroxylation is 1. The summed E-state index contributed by atoms with van der Waals surface area (Å²) in [6.07, 6.45) is 0. The molecule has 0 spiro atoms. The molecule has 1 atom stereocenters. The molecule has 1 aromatic rings. The van der Waals surface area contributed by atoms with E-state index in [1.165, 1.54) is 0 Å². The van der Waals surface area contributed by atoms with E-state index in [1.54, 1.807) is 7.11 Å². The van der Waals surface area contributed by atoms with Crippen molar-refractivity contribution in [1.82, 2.24) is 4.90 Å². The second-order valence-corrected chi connectivity index (χ2v) is 4.47. The molecule has 0 radical (unpaired) electrons. The van der Waals surface area contributed by atoms with Crippen LogP contribution in [0.4, 0.5) is 0 Å². The van der Waals surface area contributed by atoms with Gasteiger partial charge in [-0.25, -0.2) is 0 Å². The van der Waals surface area contributed by atoms with Gasteiger partial charge in [0.05, 0.1) is 13.2 Å². The summed E-state index contributed by atoms with van der Waals surface area (Å²) < 4.78 is 5.37. The van der Waals surface area contributed by atoms with E-state index < -0.39 is 0 Å². The molecule has 0 aliphatic carbocycles. The molecule has 0 bridgehead atoms. The Morgan fingerprint density at radius 1 is 1.44 bits per heavy atom. The van der Waals surface area contributed by atoms with Gasteiger partial charge >= 0.3 is 0 Å². The highest BCUT2D eigenvalue weighted by molar-refractivity contribution is 6.31. The lowest BCUT2D eigenvalue weighted by atomic mass is 10.0. The fraction of sp³-hybridized carbons (Fsp3) is 0.500. The van der Waals surface area contributed by atoms with Crippen LogP contribution < -0.4 is 10.5 Å². The van der Waals surface area contributed by atoms with E-state index in [4.69, 9.17) is 22.1 Å². The van der Waals surface area contributed by atoms with Gasteiger partial charge in [-0.3, -0.25) is 0 Å². The molecule has 1 unspecified atom stereocenters. The third-order valence-electron chi connectivity index (χ3n) is 2.72. The van der Waals surface area contributed by atoms with Gasteiger partial charge in [0.25, 0.3) is 0 Å².